The van der Waals surface area contributed by atoms with Crippen LogP contribution in [0.3, 0.4) is 0 Å². The fourth-order valence-corrected chi connectivity index (χ4v) is 5.30. The molecule has 0 aromatic carbocycles. The molecule has 1 amide bonds. The van der Waals surface area contributed by atoms with Gasteiger partial charge in [-0.25, -0.2) is 14.5 Å². The average molecular weight is 483 g/mol. The van der Waals surface area contributed by atoms with E-state index in [1.54, 1.807) is 23.0 Å². The maximum absolute atomic E-state index is 13.6. The second kappa shape index (κ2) is 8.84. The number of carbonyl (C=O) groups is 1. The molecule has 2 aliphatic heterocycles. The maximum Gasteiger partial charge on any atom is 0.273 e. The van der Waals surface area contributed by atoms with Crippen LogP contribution in [0.4, 0.5) is 5.82 Å². The zero-order chi connectivity index (χ0) is 24.8. The summed E-state index contributed by atoms with van der Waals surface area (Å²) < 4.78 is 1.75. The number of pyridine rings is 2. The molecule has 6 heterocycles. The number of β-amino-alcohol motifs (C(OH)–C–C–N with tert-alkyl or cyclic N) is 1. The highest BCUT2D eigenvalue weighted by molar-refractivity contribution is 5.95. The van der Waals surface area contributed by atoms with Crippen molar-refractivity contribution in [1.82, 2.24) is 29.5 Å². The first kappa shape index (κ1) is 22.4. The van der Waals surface area contributed by atoms with Crippen LogP contribution in [0.15, 0.2) is 42.9 Å². The number of rotatable bonds is 3. The van der Waals surface area contributed by atoms with Crippen LogP contribution in [0.2, 0.25) is 0 Å². The van der Waals surface area contributed by atoms with Crippen LogP contribution in [-0.4, -0.2) is 66.2 Å². The number of nitriles is 1. The van der Waals surface area contributed by atoms with E-state index in [4.69, 9.17) is 10.1 Å². The molecule has 182 valence electrons. The summed E-state index contributed by atoms with van der Waals surface area (Å²) in [6.45, 7) is 3.42. The Kier molecular flexibility index (Phi) is 5.49. The fraction of sp³-hybridized carbons (Fsp3) is 0.385. The van der Waals surface area contributed by atoms with Crippen LogP contribution >= 0.6 is 0 Å². The number of aliphatic hydroxyl groups excluding tert-OH is 1. The Bertz CT molecular complexity index is 1510. The zero-order valence-electron chi connectivity index (χ0n) is 19.9. The monoisotopic (exact) mass is 482 g/mol. The van der Waals surface area contributed by atoms with Gasteiger partial charge in [0.1, 0.15) is 11.5 Å². The van der Waals surface area contributed by atoms with Crippen molar-refractivity contribution in [1.29, 1.82) is 5.26 Å². The highest BCUT2D eigenvalue weighted by atomic mass is 16.3. The van der Waals surface area contributed by atoms with Gasteiger partial charge in [0.2, 0.25) is 0 Å². The molecule has 10 nitrogen and oxygen atoms in total. The topological polar surface area (TPSA) is 124 Å². The second-order valence-corrected chi connectivity index (χ2v) is 9.60. The van der Waals surface area contributed by atoms with E-state index < -0.39 is 12.0 Å². The normalized spacial score (nSPS) is 22.3. The van der Waals surface area contributed by atoms with Crippen LogP contribution in [0.1, 0.15) is 47.1 Å². The maximum atomic E-state index is 13.6. The number of likely N-dealkylation sites (tertiary alicyclic amines) is 1. The first-order valence-corrected chi connectivity index (χ1v) is 12.2. The number of hydrogen-bond acceptors (Lipinski definition) is 8. The summed E-state index contributed by atoms with van der Waals surface area (Å²) in [7, 11) is 0. The molecule has 36 heavy (non-hydrogen) atoms. The molecule has 6 rings (SSSR count). The van der Waals surface area contributed by atoms with E-state index in [1.807, 2.05) is 41.1 Å². The number of fused-ring (bicyclic) bond motifs is 2. The van der Waals surface area contributed by atoms with Crippen molar-refractivity contribution in [3.63, 3.8) is 0 Å². The smallest absolute Gasteiger partial charge is 0.273 e. The lowest BCUT2D eigenvalue weighted by molar-refractivity contribution is 0.0600. The quantitative estimate of drug-likeness (QED) is 0.473. The van der Waals surface area contributed by atoms with Crippen molar-refractivity contribution < 1.29 is 9.90 Å². The van der Waals surface area contributed by atoms with Gasteiger partial charge in [-0.1, -0.05) is 0 Å². The number of aromatic nitrogens is 5. The van der Waals surface area contributed by atoms with Gasteiger partial charge in [-0.3, -0.25) is 9.78 Å². The van der Waals surface area contributed by atoms with Gasteiger partial charge >= 0.3 is 0 Å². The summed E-state index contributed by atoms with van der Waals surface area (Å²) in [5, 5.41) is 25.2. The van der Waals surface area contributed by atoms with E-state index >= 15 is 0 Å². The number of carbonyl (C=O) groups excluding carboxylic acids is 1. The Labute approximate surface area is 207 Å². The minimum Gasteiger partial charge on any atom is -0.390 e. The Hall–Kier alpha value is -4.10. The van der Waals surface area contributed by atoms with Gasteiger partial charge in [0.15, 0.2) is 5.65 Å². The molecule has 4 aromatic rings. The zero-order valence-corrected chi connectivity index (χ0v) is 19.9. The summed E-state index contributed by atoms with van der Waals surface area (Å²) in [4.78, 5) is 30.9. The predicted molar refractivity (Wildman–Crippen MR) is 132 cm³/mol. The molecule has 2 saturated heterocycles. The number of nitrogens with zero attached hydrogens (tertiary/aromatic N) is 8. The summed E-state index contributed by atoms with van der Waals surface area (Å²) in [5.74, 6) is 0.218. The lowest BCUT2D eigenvalue weighted by Crippen LogP contribution is -2.39. The third-order valence-corrected chi connectivity index (χ3v) is 7.19. The molecule has 4 aromatic heterocycles. The molecular weight excluding hydrogens is 456 g/mol. The second-order valence-electron chi connectivity index (χ2n) is 9.60. The molecule has 10 heteroatoms. The van der Waals surface area contributed by atoms with E-state index in [2.05, 4.69) is 16.0 Å². The average Bonchev–Trinajstić information content (AvgIpc) is 3.49. The Balaban J connectivity index is 1.31. The van der Waals surface area contributed by atoms with Crippen molar-refractivity contribution in [2.45, 2.75) is 38.3 Å². The van der Waals surface area contributed by atoms with Crippen molar-refractivity contribution in [2.24, 2.45) is 5.92 Å². The largest absolute Gasteiger partial charge is 0.390 e. The molecule has 2 fully saturated rings. The first-order chi connectivity index (χ1) is 17.5. The van der Waals surface area contributed by atoms with Crippen molar-refractivity contribution in [3.05, 3.63) is 59.8 Å². The van der Waals surface area contributed by atoms with Crippen LogP contribution < -0.4 is 4.90 Å². The molecule has 2 aliphatic rings. The van der Waals surface area contributed by atoms with Crippen molar-refractivity contribution in [2.75, 3.05) is 24.5 Å². The van der Waals surface area contributed by atoms with Gasteiger partial charge in [-0.2, -0.15) is 10.4 Å². The standard InChI is InChI=1S/C26H26N8O2/c1-16-13-34-24(30-25(16)32-14-18(11-27)23(35)15-32)10-21(31-34)22-4-2-3-9-33(22)26(36)20-6-5-17-12-28-8-7-19(17)29-20/h5-8,10,12-13,18,22-23,35H,2-4,9,14-15H2,1H3/t18-,22+,23+/m1/s1. The van der Waals surface area contributed by atoms with E-state index in [9.17, 15) is 15.2 Å². The third-order valence-electron chi connectivity index (χ3n) is 7.19. The van der Waals surface area contributed by atoms with Crippen molar-refractivity contribution in [3.8, 4) is 6.07 Å². The highest BCUT2D eigenvalue weighted by Crippen LogP contribution is 2.33. The summed E-state index contributed by atoms with van der Waals surface area (Å²) in [5.41, 5.74) is 3.55. The van der Waals surface area contributed by atoms with Crippen LogP contribution in [0, 0.1) is 24.2 Å². The molecule has 1 N–H and O–H groups in total. The van der Waals surface area contributed by atoms with Gasteiger partial charge in [0.05, 0.1) is 35.3 Å². The fourth-order valence-electron chi connectivity index (χ4n) is 5.30. The van der Waals surface area contributed by atoms with Gasteiger partial charge in [-0.15, -0.1) is 0 Å². The number of anilines is 1. The van der Waals surface area contributed by atoms with Gasteiger partial charge in [-0.05, 0) is 44.4 Å². The Morgan fingerprint density at radius 3 is 2.92 bits per heavy atom. The minimum atomic E-state index is -0.685. The van der Waals surface area contributed by atoms with Crippen molar-refractivity contribution >= 4 is 28.3 Å². The predicted octanol–water partition coefficient (Wildman–Crippen LogP) is 2.67. The molecular formula is C26H26N8O2. The third kappa shape index (κ3) is 3.82. The summed E-state index contributed by atoms with van der Waals surface area (Å²) in [6, 6.07) is 9.40. The summed E-state index contributed by atoms with van der Waals surface area (Å²) >= 11 is 0. The molecule has 0 bridgehead atoms. The van der Waals surface area contributed by atoms with E-state index in [-0.39, 0.29) is 11.9 Å². The lowest BCUT2D eigenvalue weighted by atomic mass is 9.99. The van der Waals surface area contributed by atoms with Gasteiger partial charge in [0, 0.05) is 55.2 Å². The minimum absolute atomic E-state index is 0.103. The molecule has 0 spiro atoms. The summed E-state index contributed by atoms with van der Waals surface area (Å²) in [6.07, 6.45) is 7.42. The van der Waals surface area contributed by atoms with Crippen LogP contribution in [0.5, 0.6) is 0 Å². The molecule has 3 atom stereocenters. The van der Waals surface area contributed by atoms with Crippen LogP contribution in [-0.2, 0) is 0 Å². The molecule has 0 saturated carbocycles. The SMILES string of the molecule is Cc1cn2nc([C@@H]3CCCCN3C(=O)c3ccc4cnccc4n3)cc2nc1N1C[C@@H](C#N)[C@@H](O)C1. The van der Waals surface area contributed by atoms with E-state index in [0.717, 1.165) is 47.2 Å². The van der Waals surface area contributed by atoms with E-state index in [1.165, 1.54) is 0 Å². The molecule has 0 aliphatic carbocycles. The van der Waals surface area contributed by atoms with Gasteiger partial charge in [0.25, 0.3) is 5.91 Å². The number of aryl methyl sites for hydroxylation is 1. The molecule has 0 radical (unpaired) electrons. The lowest BCUT2D eigenvalue weighted by Gasteiger charge is -2.34. The Morgan fingerprint density at radius 1 is 1.19 bits per heavy atom. The number of hydrogen-bond donors (Lipinski definition) is 1. The first-order valence-electron chi connectivity index (χ1n) is 12.2. The van der Waals surface area contributed by atoms with Gasteiger partial charge < -0.3 is 14.9 Å². The number of amides is 1. The highest BCUT2D eigenvalue weighted by Gasteiger charge is 2.34. The van der Waals surface area contributed by atoms with Crippen LogP contribution in [0.25, 0.3) is 16.6 Å². The number of piperidine rings is 1. The Morgan fingerprint density at radius 2 is 2.08 bits per heavy atom. The number of aliphatic hydroxyl groups is 1. The molecule has 0 unspecified atom stereocenters. The van der Waals surface area contributed by atoms with E-state index in [0.29, 0.717) is 31.0 Å².